The average Bonchev–Trinajstić information content (AvgIpc) is 2.93. The van der Waals surface area contributed by atoms with Crippen LogP contribution >= 0.6 is 0 Å². The number of fused-ring (bicyclic) bond motifs is 1. The van der Waals surface area contributed by atoms with Gasteiger partial charge >= 0.3 is 0 Å². The summed E-state index contributed by atoms with van der Waals surface area (Å²) < 4.78 is 10.8. The van der Waals surface area contributed by atoms with Gasteiger partial charge in [-0.3, -0.25) is 4.79 Å². The van der Waals surface area contributed by atoms with Crippen molar-refractivity contribution in [3.8, 4) is 11.5 Å². The van der Waals surface area contributed by atoms with Crippen LogP contribution in [0, 0.1) is 5.41 Å². The number of hydrogen-bond donors (Lipinski definition) is 2. The Balaban J connectivity index is 1.65. The van der Waals surface area contributed by atoms with Crippen LogP contribution in [0.15, 0.2) is 18.2 Å². The molecule has 1 saturated heterocycles. The number of rotatable bonds is 3. The Morgan fingerprint density at radius 1 is 1.43 bits per heavy atom. The molecule has 2 aliphatic heterocycles. The third-order valence-corrected chi connectivity index (χ3v) is 4.32. The summed E-state index contributed by atoms with van der Waals surface area (Å²) in [6, 6.07) is 5.60. The van der Waals surface area contributed by atoms with Crippen LogP contribution in [0.2, 0.25) is 0 Å². The van der Waals surface area contributed by atoms with E-state index in [4.69, 9.17) is 9.47 Å². The number of carbonyl (C=O) groups excluding carboxylic acids is 1. The molecule has 2 aliphatic rings. The molecule has 1 aromatic carbocycles. The molecule has 21 heavy (non-hydrogen) atoms. The minimum atomic E-state index is -0.139. The molecule has 5 heteroatoms. The first-order valence-electron chi connectivity index (χ1n) is 7.46. The van der Waals surface area contributed by atoms with Crippen molar-refractivity contribution < 1.29 is 14.3 Å². The standard InChI is InChI=1S/C16H22N2O3/c1-16(2)7-4-8-17-14(16)15(19)18-9-11-5-3-6-12-13(11)21-10-20-12/h3,5-6,14,17H,4,7-10H2,1-2H3,(H,18,19). The van der Waals surface area contributed by atoms with E-state index >= 15 is 0 Å². The lowest BCUT2D eigenvalue weighted by Gasteiger charge is -2.38. The van der Waals surface area contributed by atoms with Crippen molar-refractivity contribution in [2.24, 2.45) is 5.41 Å². The van der Waals surface area contributed by atoms with E-state index in [0.717, 1.165) is 36.4 Å². The normalized spacial score (nSPS) is 22.9. The molecular weight excluding hydrogens is 268 g/mol. The van der Waals surface area contributed by atoms with Gasteiger partial charge in [-0.1, -0.05) is 26.0 Å². The molecule has 1 atom stereocenters. The second-order valence-corrected chi connectivity index (χ2v) is 6.35. The van der Waals surface area contributed by atoms with Crippen molar-refractivity contribution in [3.63, 3.8) is 0 Å². The summed E-state index contributed by atoms with van der Waals surface area (Å²) in [7, 11) is 0. The van der Waals surface area contributed by atoms with Crippen LogP contribution in [0.1, 0.15) is 32.3 Å². The van der Waals surface area contributed by atoms with Gasteiger partial charge in [-0.15, -0.1) is 0 Å². The van der Waals surface area contributed by atoms with Crippen LogP contribution in [0.3, 0.4) is 0 Å². The second kappa shape index (κ2) is 5.56. The molecule has 1 unspecified atom stereocenters. The van der Waals surface area contributed by atoms with Crippen LogP contribution in [-0.4, -0.2) is 25.3 Å². The first-order chi connectivity index (χ1) is 10.1. The molecule has 0 spiro atoms. The zero-order chi connectivity index (χ0) is 14.9. The van der Waals surface area contributed by atoms with E-state index in [-0.39, 0.29) is 24.2 Å². The Labute approximate surface area is 125 Å². The summed E-state index contributed by atoms with van der Waals surface area (Å²) in [4.78, 5) is 12.4. The maximum absolute atomic E-state index is 12.4. The van der Waals surface area contributed by atoms with E-state index < -0.39 is 0 Å². The topological polar surface area (TPSA) is 59.6 Å². The van der Waals surface area contributed by atoms with E-state index in [9.17, 15) is 4.79 Å². The largest absolute Gasteiger partial charge is 0.454 e. The highest BCUT2D eigenvalue weighted by Crippen LogP contribution is 2.35. The van der Waals surface area contributed by atoms with E-state index in [2.05, 4.69) is 24.5 Å². The van der Waals surface area contributed by atoms with Crippen molar-refractivity contribution in [2.75, 3.05) is 13.3 Å². The summed E-state index contributed by atoms with van der Waals surface area (Å²) in [6.07, 6.45) is 2.18. The van der Waals surface area contributed by atoms with Gasteiger partial charge in [-0.05, 0) is 30.9 Å². The molecule has 2 heterocycles. The molecule has 0 aliphatic carbocycles. The van der Waals surface area contributed by atoms with Crippen molar-refractivity contribution in [1.29, 1.82) is 0 Å². The highest BCUT2D eigenvalue weighted by molar-refractivity contribution is 5.82. The Morgan fingerprint density at radius 3 is 3.10 bits per heavy atom. The molecule has 1 amide bonds. The second-order valence-electron chi connectivity index (χ2n) is 6.35. The maximum Gasteiger partial charge on any atom is 0.237 e. The lowest BCUT2D eigenvalue weighted by molar-refractivity contribution is -0.126. The number of benzene rings is 1. The summed E-state index contributed by atoms with van der Waals surface area (Å²) in [5.41, 5.74) is 0.938. The molecule has 0 aromatic heterocycles. The van der Waals surface area contributed by atoms with Crippen molar-refractivity contribution in [3.05, 3.63) is 23.8 Å². The number of para-hydroxylation sites is 1. The number of hydrogen-bond acceptors (Lipinski definition) is 4. The molecule has 0 bridgehead atoms. The van der Waals surface area contributed by atoms with E-state index in [1.807, 2.05) is 18.2 Å². The molecule has 114 valence electrons. The van der Waals surface area contributed by atoms with Gasteiger partial charge in [0.25, 0.3) is 0 Å². The van der Waals surface area contributed by atoms with Crippen molar-refractivity contribution in [2.45, 2.75) is 39.3 Å². The SMILES string of the molecule is CC1(C)CCCNC1C(=O)NCc1cccc2c1OCO2. The van der Waals surface area contributed by atoms with Gasteiger partial charge in [-0.2, -0.15) is 0 Å². The number of ether oxygens (including phenoxy) is 2. The maximum atomic E-state index is 12.4. The van der Waals surface area contributed by atoms with E-state index in [1.165, 1.54) is 0 Å². The quantitative estimate of drug-likeness (QED) is 0.891. The van der Waals surface area contributed by atoms with Gasteiger partial charge in [0.05, 0.1) is 6.04 Å². The summed E-state index contributed by atoms with van der Waals surface area (Å²) in [5, 5.41) is 6.35. The molecule has 0 radical (unpaired) electrons. The number of piperidine rings is 1. The fraction of sp³-hybridized carbons (Fsp3) is 0.562. The smallest absolute Gasteiger partial charge is 0.237 e. The molecule has 1 fully saturated rings. The Bertz CT molecular complexity index is 542. The summed E-state index contributed by atoms with van der Waals surface area (Å²) in [6.45, 7) is 5.89. The van der Waals surface area contributed by atoms with E-state index in [0.29, 0.717) is 6.54 Å². The number of nitrogens with one attached hydrogen (secondary N) is 2. The average molecular weight is 290 g/mol. The van der Waals surface area contributed by atoms with Gasteiger partial charge in [-0.25, -0.2) is 0 Å². The summed E-state index contributed by atoms with van der Waals surface area (Å²) in [5.74, 6) is 1.54. The number of carbonyl (C=O) groups is 1. The molecule has 3 rings (SSSR count). The van der Waals surface area contributed by atoms with Crippen molar-refractivity contribution in [1.82, 2.24) is 10.6 Å². The Morgan fingerprint density at radius 2 is 2.29 bits per heavy atom. The molecule has 5 nitrogen and oxygen atoms in total. The van der Waals surface area contributed by atoms with E-state index in [1.54, 1.807) is 0 Å². The van der Waals surface area contributed by atoms with Crippen LogP contribution in [-0.2, 0) is 11.3 Å². The molecule has 2 N–H and O–H groups in total. The van der Waals surface area contributed by atoms with Crippen LogP contribution < -0.4 is 20.1 Å². The Hall–Kier alpha value is -1.75. The third kappa shape index (κ3) is 2.83. The zero-order valence-electron chi connectivity index (χ0n) is 12.6. The predicted octanol–water partition coefficient (Wildman–Crippen LogP) is 1.81. The third-order valence-electron chi connectivity index (χ3n) is 4.32. The molecular formula is C16H22N2O3. The van der Waals surface area contributed by atoms with Gasteiger partial charge < -0.3 is 20.1 Å². The van der Waals surface area contributed by atoms with Crippen LogP contribution in [0.4, 0.5) is 0 Å². The lowest BCUT2D eigenvalue weighted by Crippen LogP contribution is -2.55. The highest BCUT2D eigenvalue weighted by atomic mass is 16.7. The zero-order valence-corrected chi connectivity index (χ0v) is 12.6. The van der Waals surface area contributed by atoms with Gasteiger partial charge in [0, 0.05) is 12.1 Å². The van der Waals surface area contributed by atoms with Gasteiger partial charge in [0.15, 0.2) is 11.5 Å². The van der Waals surface area contributed by atoms with Crippen molar-refractivity contribution >= 4 is 5.91 Å². The van der Waals surface area contributed by atoms with Gasteiger partial charge in [0.2, 0.25) is 12.7 Å². The van der Waals surface area contributed by atoms with Gasteiger partial charge in [0.1, 0.15) is 0 Å². The Kier molecular flexibility index (Phi) is 3.76. The highest BCUT2D eigenvalue weighted by Gasteiger charge is 2.36. The fourth-order valence-corrected chi connectivity index (χ4v) is 3.07. The van der Waals surface area contributed by atoms with Crippen LogP contribution in [0.25, 0.3) is 0 Å². The summed E-state index contributed by atoms with van der Waals surface area (Å²) >= 11 is 0. The molecule has 0 saturated carbocycles. The minimum absolute atomic E-state index is 0.0133. The minimum Gasteiger partial charge on any atom is -0.454 e. The number of amides is 1. The first-order valence-corrected chi connectivity index (χ1v) is 7.46. The molecule has 1 aromatic rings. The predicted molar refractivity (Wildman–Crippen MR) is 79.2 cm³/mol. The van der Waals surface area contributed by atoms with Crippen LogP contribution in [0.5, 0.6) is 11.5 Å². The first kappa shape index (κ1) is 14.2. The lowest BCUT2D eigenvalue weighted by atomic mass is 9.77. The monoisotopic (exact) mass is 290 g/mol. The fourth-order valence-electron chi connectivity index (χ4n) is 3.07.